The van der Waals surface area contributed by atoms with Crippen molar-refractivity contribution in [1.29, 1.82) is 0 Å². The van der Waals surface area contributed by atoms with Gasteiger partial charge in [0.15, 0.2) is 0 Å². The van der Waals surface area contributed by atoms with E-state index in [1.807, 2.05) is 11.8 Å². The Morgan fingerprint density at radius 2 is 2.23 bits per heavy atom. The number of hydrogen-bond donors (Lipinski definition) is 1. The normalized spacial score (nSPS) is 18.6. The summed E-state index contributed by atoms with van der Waals surface area (Å²) in [5.41, 5.74) is -0.0702. The Bertz CT molecular complexity index is 590. The maximum absolute atomic E-state index is 12.1. The molecule has 118 valence electrons. The van der Waals surface area contributed by atoms with Crippen LogP contribution in [-0.4, -0.2) is 47.4 Å². The number of anilines is 1. The van der Waals surface area contributed by atoms with Crippen LogP contribution in [0.1, 0.15) is 13.3 Å². The number of cyclic esters (lactones) is 1. The molecule has 1 unspecified atom stereocenters. The number of nitro groups is 1. The number of rotatable bonds is 5. The molecule has 8 heteroatoms. The van der Waals surface area contributed by atoms with E-state index in [0.29, 0.717) is 19.7 Å². The van der Waals surface area contributed by atoms with Crippen LogP contribution < -0.4 is 5.32 Å². The van der Waals surface area contributed by atoms with E-state index >= 15 is 0 Å². The number of nitro benzene ring substituents is 1. The van der Waals surface area contributed by atoms with Gasteiger partial charge in [-0.05, 0) is 12.6 Å². The average Bonchev–Trinajstić information content (AvgIpc) is 2.49. The molecule has 1 aromatic rings. The van der Waals surface area contributed by atoms with Crippen molar-refractivity contribution in [2.45, 2.75) is 19.4 Å². The van der Waals surface area contributed by atoms with Gasteiger partial charge in [-0.2, -0.15) is 0 Å². The van der Waals surface area contributed by atoms with Crippen LogP contribution >= 0.6 is 0 Å². The molecule has 1 heterocycles. The van der Waals surface area contributed by atoms with Gasteiger partial charge in [-0.1, -0.05) is 19.1 Å². The van der Waals surface area contributed by atoms with E-state index in [1.165, 1.54) is 18.2 Å². The summed E-state index contributed by atoms with van der Waals surface area (Å²) in [7, 11) is 0. The van der Waals surface area contributed by atoms with Crippen molar-refractivity contribution in [3.05, 3.63) is 34.4 Å². The van der Waals surface area contributed by atoms with Crippen LogP contribution in [0.2, 0.25) is 0 Å². The predicted molar refractivity (Wildman–Crippen MR) is 78.3 cm³/mol. The summed E-state index contributed by atoms with van der Waals surface area (Å²) >= 11 is 0. The SMILES string of the molecule is CCN1CCOC(=O)C1CC(=O)Nc1ccccc1[N+](=O)[O-]. The second-order valence-electron chi connectivity index (χ2n) is 4.84. The molecule has 1 saturated heterocycles. The molecule has 2 rings (SSSR count). The van der Waals surface area contributed by atoms with Gasteiger partial charge in [0.2, 0.25) is 5.91 Å². The molecule has 0 aliphatic carbocycles. The van der Waals surface area contributed by atoms with Gasteiger partial charge in [-0.15, -0.1) is 0 Å². The largest absolute Gasteiger partial charge is 0.463 e. The molecule has 1 atom stereocenters. The molecule has 1 N–H and O–H groups in total. The smallest absolute Gasteiger partial charge is 0.323 e. The highest BCUT2D eigenvalue weighted by molar-refractivity contribution is 5.96. The fraction of sp³-hybridized carbons (Fsp3) is 0.429. The molecule has 0 aromatic heterocycles. The molecule has 1 aromatic carbocycles. The lowest BCUT2D eigenvalue weighted by molar-refractivity contribution is -0.383. The maximum atomic E-state index is 12.1. The Labute approximate surface area is 127 Å². The van der Waals surface area contributed by atoms with E-state index in [1.54, 1.807) is 6.07 Å². The lowest BCUT2D eigenvalue weighted by atomic mass is 10.1. The number of para-hydroxylation sites is 2. The van der Waals surface area contributed by atoms with Crippen LogP contribution in [0.15, 0.2) is 24.3 Å². The lowest BCUT2D eigenvalue weighted by Gasteiger charge is -2.32. The van der Waals surface area contributed by atoms with Crippen molar-refractivity contribution >= 4 is 23.3 Å². The Hall–Kier alpha value is -2.48. The zero-order chi connectivity index (χ0) is 16.1. The molecule has 1 aliphatic heterocycles. The van der Waals surface area contributed by atoms with Crippen molar-refractivity contribution in [2.24, 2.45) is 0 Å². The Morgan fingerprint density at radius 3 is 2.91 bits per heavy atom. The first-order chi connectivity index (χ1) is 10.5. The minimum Gasteiger partial charge on any atom is -0.463 e. The van der Waals surface area contributed by atoms with Crippen molar-refractivity contribution in [3.8, 4) is 0 Å². The number of amides is 1. The maximum Gasteiger partial charge on any atom is 0.323 e. The van der Waals surface area contributed by atoms with Crippen LogP contribution in [0, 0.1) is 10.1 Å². The number of ether oxygens (including phenoxy) is 1. The summed E-state index contributed by atoms with van der Waals surface area (Å²) in [6.45, 7) is 3.41. The molecule has 0 saturated carbocycles. The Kier molecular flexibility index (Phi) is 5.05. The fourth-order valence-corrected chi connectivity index (χ4v) is 2.37. The molecule has 22 heavy (non-hydrogen) atoms. The summed E-state index contributed by atoms with van der Waals surface area (Å²) in [5, 5.41) is 13.4. The van der Waals surface area contributed by atoms with Gasteiger partial charge in [-0.3, -0.25) is 24.6 Å². The number of esters is 1. The van der Waals surface area contributed by atoms with Gasteiger partial charge in [0.25, 0.3) is 5.69 Å². The zero-order valence-corrected chi connectivity index (χ0v) is 12.2. The summed E-state index contributed by atoms with van der Waals surface area (Å²) in [4.78, 5) is 36.1. The predicted octanol–water partition coefficient (Wildman–Crippen LogP) is 1.17. The first kappa shape index (κ1) is 15.9. The number of carbonyl (C=O) groups excluding carboxylic acids is 2. The van der Waals surface area contributed by atoms with Crippen molar-refractivity contribution in [1.82, 2.24) is 4.90 Å². The van der Waals surface area contributed by atoms with Gasteiger partial charge in [0, 0.05) is 12.6 Å². The van der Waals surface area contributed by atoms with E-state index in [4.69, 9.17) is 4.74 Å². The highest BCUT2D eigenvalue weighted by Gasteiger charge is 2.32. The first-order valence-corrected chi connectivity index (χ1v) is 6.97. The number of benzene rings is 1. The van der Waals surface area contributed by atoms with Crippen LogP contribution in [0.3, 0.4) is 0 Å². The summed E-state index contributed by atoms with van der Waals surface area (Å²) in [6, 6.07) is 5.22. The Balaban J connectivity index is 2.06. The number of nitrogens with zero attached hydrogens (tertiary/aromatic N) is 2. The highest BCUT2D eigenvalue weighted by atomic mass is 16.6. The molecular weight excluding hydrogens is 290 g/mol. The molecule has 1 fully saturated rings. The second kappa shape index (κ2) is 6.99. The van der Waals surface area contributed by atoms with Crippen LogP contribution in [0.4, 0.5) is 11.4 Å². The van der Waals surface area contributed by atoms with Gasteiger partial charge < -0.3 is 10.1 Å². The quantitative estimate of drug-likeness (QED) is 0.498. The Morgan fingerprint density at radius 1 is 1.50 bits per heavy atom. The highest BCUT2D eigenvalue weighted by Crippen LogP contribution is 2.23. The molecule has 1 aliphatic rings. The molecule has 0 bridgehead atoms. The molecule has 1 amide bonds. The van der Waals surface area contributed by atoms with Gasteiger partial charge in [0.1, 0.15) is 18.3 Å². The summed E-state index contributed by atoms with van der Waals surface area (Å²) in [6.07, 6.45) is -0.0985. The van der Waals surface area contributed by atoms with Crippen LogP contribution in [0.25, 0.3) is 0 Å². The van der Waals surface area contributed by atoms with E-state index < -0.39 is 22.8 Å². The zero-order valence-electron chi connectivity index (χ0n) is 12.2. The second-order valence-corrected chi connectivity index (χ2v) is 4.84. The van der Waals surface area contributed by atoms with E-state index in [-0.39, 0.29) is 17.8 Å². The monoisotopic (exact) mass is 307 g/mol. The third-order valence-corrected chi connectivity index (χ3v) is 3.50. The van der Waals surface area contributed by atoms with Crippen LogP contribution in [0.5, 0.6) is 0 Å². The molecule has 8 nitrogen and oxygen atoms in total. The first-order valence-electron chi connectivity index (χ1n) is 6.97. The van der Waals surface area contributed by atoms with E-state index in [9.17, 15) is 19.7 Å². The fourth-order valence-electron chi connectivity index (χ4n) is 2.37. The number of nitrogens with one attached hydrogen (secondary N) is 1. The minimum absolute atomic E-state index is 0.0985. The van der Waals surface area contributed by atoms with Gasteiger partial charge in [-0.25, -0.2) is 0 Å². The number of morpholine rings is 1. The molecule has 0 radical (unpaired) electrons. The average molecular weight is 307 g/mol. The number of hydrogen-bond acceptors (Lipinski definition) is 6. The van der Waals surface area contributed by atoms with Crippen molar-refractivity contribution in [3.63, 3.8) is 0 Å². The summed E-state index contributed by atoms with van der Waals surface area (Å²) < 4.78 is 4.97. The van der Waals surface area contributed by atoms with E-state index in [2.05, 4.69) is 5.32 Å². The van der Waals surface area contributed by atoms with Crippen molar-refractivity contribution in [2.75, 3.05) is 25.0 Å². The number of carbonyl (C=O) groups is 2. The number of likely N-dealkylation sites (N-methyl/N-ethyl adjacent to an activating group) is 1. The topological polar surface area (TPSA) is 102 Å². The molecule has 0 spiro atoms. The van der Waals surface area contributed by atoms with E-state index in [0.717, 1.165) is 0 Å². The molecular formula is C14H17N3O5. The minimum atomic E-state index is -0.651. The van der Waals surface area contributed by atoms with Crippen LogP contribution in [-0.2, 0) is 14.3 Å². The lowest BCUT2D eigenvalue weighted by Crippen LogP contribution is -2.50. The third-order valence-electron chi connectivity index (χ3n) is 3.50. The summed E-state index contributed by atoms with van der Waals surface area (Å²) in [5.74, 6) is -0.901. The van der Waals surface area contributed by atoms with Crippen molar-refractivity contribution < 1.29 is 19.2 Å². The van der Waals surface area contributed by atoms with Gasteiger partial charge >= 0.3 is 5.97 Å². The standard InChI is InChI=1S/C14H17N3O5/c1-2-16-7-8-22-14(19)12(16)9-13(18)15-10-5-3-4-6-11(10)17(20)21/h3-6,12H,2,7-9H2,1H3,(H,15,18). The third kappa shape index (κ3) is 3.59. The van der Waals surface area contributed by atoms with Gasteiger partial charge in [0.05, 0.1) is 11.3 Å².